The standard InChI is InChI=1S/C12H13N3O2S/c16-10-9(3-1-2-5-13-10)15-7-14-11-8(12(15)17)4-6-18-11/h4,6-7,9H,1-3,5H2,(H,13,16). The number of nitrogens with zero attached hydrogens (tertiary/aromatic N) is 2. The Balaban J connectivity index is 2.10. The van der Waals surface area contributed by atoms with Crippen LogP contribution in [0.2, 0.25) is 0 Å². The SMILES string of the molecule is O=C1NCCCCC1n1cnc2sccc2c1=O. The third-order valence-corrected chi connectivity index (χ3v) is 4.07. The molecule has 1 amide bonds. The summed E-state index contributed by atoms with van der Waals surface area (Å²) in [5.41, 5.74) is -0.122. The molecular weight excluding hydrogens is 250 g/mol. The normalized spacial score (nSPS) is 20.7. The first-order chi connectivity index (χ1) is 8.77. The molecular formula is C12H13N3O2S. The minimum atomic E-state index is -0.420. The molecule has 1 unspecified atom stereocenters. The second-order valence-corrected chi connectivity index (χ2v) is 5.29. The lowest BCUT2D eigenvalue weighted by Gasteiger charge is -2.15. The molecule has 2 aromatic rings. The molecule has 0 saturated carbocycles. The van der Waals surface area contributed by atoms with Crippen LogP contribution in [0.1, 0.15) is 25.3 Å². The molecule has 0 radical (unpaired) electrons. The zero-order valence-electron chi connectivity index (χ0n) is 9.76. The van der Waals surface area contributed by atoms with Crippen LogP contribution in [0, 0.1) is 0 Å². The number of fused-ring (bicyclic) bond motifs is 1. The summed E-state index contributed by atoms with van der Waals surface area (Å²) in [5.74, 6) is -0.0778. The van der Waals surface area contributed by atoms with E-state index < -0.39 is 6.04 Å². The van der Waals surface area contributed by atoms with Gasteiger partial charge in [-0.05, 0) is 30.7 Å². The minimum absolute atomic E-state index is 0.0778. The molecule has 1 N–H and O–H groups in total. The summed E-state index contributed by atoms with van der Waals surface area (Å²) in [6.07, 6.45) is 4.10. The highest BCUT2D eigenvalue weighted by atomic mass is 32.1. The van der Waals surface area contributed by atoms with Gasteiger partial charge in [0.1, 0.15) is 10.9 Å². The molecule has 5 nitrogen and oxygen atoms in total. The summed E-state index contributed by atoms with van der Waals surface area (Å²) in [7, 11) is 0. The molecule has 1 aliphatic rings. The van der Waals surface area contributed by atoms with E-state index in [0.717, 1.165) is 17.7 Å². The van der Waals surface area contributed by atoms with Crippen molar-refractivity contribution in [1.29, 1.82) is 0 Å². The van der Waals surface area contributed by atoms with E-state index in [2.05, 4.69) is 10.3 Å². The van der Waals surface area contributed by atoms with E-state index in [1.165, 1.54) is 22.2 Å². The van der Waals surface area contributed by atoms with E-state index in [4.69, 9.17) is 0 Å². The highest BCUT2D eigenvalue weighted by Crippen LogP contribution is 2.19. The van der Waals surface area contributed by atoms with Gasteiger partial charge >= 0.3 is 0 Å². The van der Waals surface area contributed by atoms with Crippen LogP contribution in [0.15, 0.2) is 22.6 Å². The third-order valence-electron chi connectivity index (χ3n) is 3.25. The van der Waals surface area contributed by atoms with Gasteiger partial charge in [-0.3, -0.25) is 14.2 Å². The zero-order valence-corrected chi connectivity index (χ0v) is 10.6. The average molecular weight is 263 g/mol. The molecule has 2 aromatic heterocycles. The van der Waals surface area contributed by atoms with Gasteiger partial charge in [-0.25, -0.2) is 4.98 Å². The van der Waals surface area contributed by atoms with E-state index in [0.29, 0.717) is 18.4 Å². The minimum Gasteiger partial charge on any atom is -0.354 e. The maximum absolute atomic E-state index is 12.3. The van der Waals surface area contributed by atoms with Crippen LogP contribution in [0.4, 0.5) is 0 Å². The fraction of sp³-hybridized carbons (Fsp3) is 0.417. The number of aromatic nitrogens is 2. The topological polar surface area (TPSA) is 64.0 Å². The molecule has 1 atom stereocenters. The van der Waals surface area contributed by atoms with Gasteiger partial charge in [-0.15, -0.1) is 11.3 Å². The maximum Gasteiger partial charge on any atom is 0.262 e. The number of thiophene rings is 1. The smallest absolute Gasteiger partial charge is 0.262 e. The lowest BCUT2D eigenvalue weighted by Crippen LogP contribution is -2.35. The number of rotatable bonds is 1. The van der Waals surface area contributed by atoms with Crippen LogP contribution < -0.4 is 10.9 Å². The van der Waals surface area contributed by atoms with Crippen LogP contribution in [0.5, 0.6) is 0 Å². The van der Waals surface area contributed by atoms with Gasteiger partial charge in [0.2, 0.25) is 5.91 Å². The second-order valence-electron chi connectivity index (χ2n) is 4.40. The molecule has 1 fully saturated rings. The van der Waals surface area contributed by atoms with Crippen molar-refractivity contribution in [3.05, 3.63) is 28.1 Å². The van der Waals surface area contributed by atoms with Crippen LogP contribution in [-0.4, -0.2) is 22.0 Å². The van der Waals surface area contributed by atoms with Gasteiger partial charge in [0.05, 0.1) is 11.7 Å². The Kier molecular flexibility index (Phi) is 2.87. The Morgan fingerprint density at radius 2 is 2.28 bits per heavy atom. The molecule has 1 aliphatic heterocycles. The average Bonchev–Trinajstić information content (AvgIpc) is 2.75. The number of carbonyl (C=O) groups excluding carboxylic acids is 1. The Hall–Kier alpha value is -1.69. The Morgan fingerprint density at radius 3 is 3.17 bits per heavy atom. The van der Waals surface area contributed by atoms with Crippen molar-refractivity contribution in [1.82, 2.24) is 14.9 Å². The van der Waals surface area contributed by atoms with Gasteiger partial charge < -0.3 is 5.32 Å². The molecule has 6 heteroatoms. The highest BCUT2D eigenvalue weighted by Gasteiger charge is 2.24. The zero-order chi connectivity index (χ0) is 12.5. The second kappa shape index (κ2) is 4.53. The monoisotopic (exact) mass is 263 g/mol. The van der Waals surface area contributed by atoms with Crippen molar-refractivity contribution in [2.75, 3.05) is 6.54 Å². The van der Waals surface area contributed by atoms with Gasteiger partial charge in [0.25, 0.3) is 5.56 Å². The van der Waals surface area contributed by atoms with E-state index in [1.807, 2.05) is 5.38 Å². The number of hydrogen-bond acceptors (Lipinski definition) is 4. The molecule has 3 rings (SSSR count). The molecule has 94 valence electrons. The first kappa shape index (κ1) is 11.4. The van der Waals surface area contributed by atoms with Crippen molar-refractivity contribution in [2.24, 2.45) is 0 Å². The van der Waals surface area contributed by atoms with Gasteiger partial charge in [0, 0.05) is 6.54 Å². The van der Waals surface area contributed by atoms with E-state index in [-0.39, 0.29) is 11.5 Å². The summed E-state index contributed by atoms with van der Waals surface area (Å²) in [6, 6.07) is 1.34. The summed E-state index contributed by atoms with van der Waals surface area (Å²) in [5, 5.41) is 5.28. The molecule has 0 aliphatic carbocycles. The predicted molar refractivity (Wildman–Crippen MR) is 69.8 cm³/mol. The molecule has 1 saturated heterocycles. The lowest BCUT2D eigenvalue weighted by molar-refractivity contribution is -0.124. The molecule has 0 spiro atoms. The van der Waals surface area contributed by atoms with Crippen molar-refractivity contribution < 1.29 is 4.79 Å². The van der Waals surface area contributed by atoms with Crippen molar-refractivity contribution in [3.63, 3.8) is 0 Å². The maximum atomic E-state index is 12.3. The number of nitrogens with one attached hydrogen (secondary N) is 1. The van der Waals surface area contributed by atoms with Crippen molar-refractivity contribution in [3.8, 4) is 0 Å². The summed E-state index contributed by atoms with van der Waals surface area (Å²) in [4.78, 5) is 29.2. The largest absolute Gasteiger partial charge is 0.354 e. The van der Waals surface area contributed by atoms with Crippen LogP contribution in [-0.2, 0) is 4.79 Å². The summed E-state index contributed by atoms with van der Waals surface area (Å²) < 4.78 is 1.47. The van der Waals surface area contributed by atoms with Crippen LogP contribution in [0.3, 0.4) is 0 Å². The van der Waals surface area contributed by atoms with E-state index in [1.54, 1.807) is 6.07 Å². The quantitative estimate of drug-likeness (QED) is 0.843. The number of carbonyl (C=O) groups is 1. The van der Waals surface area contributed by atoms with E-state index in [9.17, 15) is 9.59 Å². The lowest BCUT2D eigenvalue weighted by atomic mass is 10.1. The van der Waals surface area contributed by atoms with Crippen molar-refractivity contribution >= 4 is 27.5 Å². The van der Waals surface area contributed by atoms with Gasteiger partial charge in [-0.1, -0.05) is 0 Å². The highest BCUT2D eigenvalue weighted by molar-refractivity contribution is 7.16. The Labute approximate surface area is 107 Å². The first-order valence-corrected chi connectivity index (χ1v) is 6.87. The van der Waals surface area contributed by atoms with Gasteiger partial charge in [-0.2, -0.15) is 0 Å². The third kappa shape index (κ3) is 1.82. The van der Waals surface area contributed by atoms with Crippen LogP contribution >= 0.6 is 11.3 Å². The molecule has 0 aromatic carbocycles. The molecule has 3 heterocycles. The number of hydrogen-bond donors (Lipinski definition) is 1. The van der Waals surface area contributed by atoms with Crippen LogP contribution in [0.25, 0.3) is 10.2 Å². The van der Waals surface area contributed by atoms with Crippen molar-refractivity contribution in [2.45, 2.75) is 25.3 Å². The summed E-state index contributed by atoms with van der Waals surface area (Å²) >= 11 is 1.44. The summed E-state index contributed by atoms with van der Waals surface area (Å²) in [6.45, 7) is 0.693. The molecule has 18 heavy (non-hydrogen) atoms. The Bertz CT molecular complexity index is 646. The fourth-order valence-electron chi connectivity index (χ4n) is 2.28. The Morgan fingerprint density at radius 1 is 1.39 bits per heavy atom. The predicted octanol–water partition coefficient (Wildman–Crippen LogP) is 1.30. The number of amides is 1. The molecule has 0 bridgehead atoms. The first-order valence-electron chi connectivity index (χ1n) is 5.99. The fourth-order valence-corrected chi connectivity index (χ4v) is 3.00. The van der Waals surface area contributed by atoms with Gasteiger partial charge in [0.15, 0.2) is 0 Å². The van der Waals surface area contributed by atoms with E-state index >= 15 is 0 Å².